The van der Waals surface area contributed by atoms with Gasteiger partial charge in [0.05, 0.1) is 10.2 Å². The van der Waals surface area contributed by atoms with Gasteiger partial charge in [0.2, 0.25) is 5.91 Å². The molecule has 0 saturated carbocycles. The third kappa shape index (κ3) is 2.76. The SMILES string of the molecule is CCc1nn(CC(=O)N2CCCCC2)c(=O)c2cc3sc(C)cc3n12. The Morgan fingerprint density at radius 3 is 2.68 bits per heavy atom. The van der Waals surface area contributed by atoms with Crippen LogP contribution in [0.25, 0.3) is 15.7 Å². The molecule has 0 bridgehead atoms. The van der Waals surface area contributed by atoms with Gasteiger partial charge >= 0.3 is 0 Å². The fourth-order valence-electron chi connectivity index (χ4n) is 3.62. The molecule has 1 aliphatic heterocycles. The van der Waals surface area contributed by atoms with E-state index in [0.717, 1.165) is 42.0 Å². The van der Waals surface area contributed by atoms with E-state index in [9.17, 15) is 9.59 Å². The van der Waals surface area contributed by atoms with Crippen molar-refractivity contribution >= 4 is 33.0 Å². The summed E-state index contributed by atoms with van der Waals surface area (Å²) in [6, 6.07) is 4.02. The molecule has 25 heavy (non-hydrogen) atoms. The standard InChI is InChI=1S/C18H22N4O2S/c1-3-16-19-21(11-17(23)20-7-5-4-6-8-20)18(24)14-10-15-13(22(14)16)9-12(2)25-15/h9-10H,3-8,11H2,1-2H3. The predicted molar refractivity (Wildman–Crippen MR) is 99.4 cm³/mol. The molecule has 4 heterocycles. The molecule has 6 nitrogen and oxygen atoms in total. The molecular weight excluding hydrogens is 336 g/mol. The number of likely N-dealkylation sites (tertiary alicyclic amines) is 1. The Hall–Kier alpha value is -2.15. The summed E-state index contributed by atoms with van der Waals surface area (Å²) < 4.78 is 4.39. The maximum atomic E-state index is 12.9. The van der Waals surface area contributed by atoms with Gasteiger partial charge in [-0.3, -0.25) is 14.0 Å². The smallest absolute Gasteiger partial charge is 0.291 e. The summed E-state index contributed by atoms with van der Waals surface area (Å²) >= 11 is 1.68. The number of rotatable bonds is 3. The zero-order valence-corrected chi connectivity index (χ0v) is 15.4. The number of nitrogens with zero attached hydrogens (tertiary/aromatic N) is 4. The highest BCUT2D eigenvalue weighted by Gasteiger charge is 2.20. The topological polar surface area (TPSA) is 59.6 Å². The third-order valence-corrected chi connectivity index (χ3v) is 5.86. The number of thiophene rings is 1. The lowest BCUT2D eigenvalue weighted by Gasteiger charge is -2.26. The fourth-order valence-corrected chi connectivity index (χ4v) is 4.56. The van der Waals surface area contributed by atoms with Crippen LogP contribution < -0.4 is 5.56 Å². The quantitative estimate of drug-likeness (QED) is 0.723. The van der Waals surface area contributed by atoms with E-state index >= 15 is 0 Å². The molecule has 0 aliphatic carbocycles. The maximum Gasteiger partial charge on any atom is 0.291 e. The Morgan fingerprint density at radius 2 is 1.96 bits per heavy atom. The molecule has 7 heteroatoms. The summed E-state index contributed by atoms with van der Waals surface area (Å²) in [5.41, 5.74) is 1.46. The van der Waals surface area contributed by atoms with Gasteiger partial charge in [-0.1, -0.05) is 6.92 Å². The van der Waals surface area contributed by atoms with Crippen molar-refractivity contribution in [3.8, 4) is 0 Å². The van der Waals surface area contributed by atoms with Crippen LogP contribution in [0.15, 0.2) is 16.9 Å². The molecule has 0 unspecified atom stereocenters. The van der Waals surface area contributed by atoms with Crippen molar-refractivity contribution in [2.75, 3.05) is 13.1 Å². The van der Waals surface area contributed by atoms with E-state index in [1.807, 2.05) is 22.3 Å². The van der Waals surface area contributed by atoms with Gasteiger partial charge in [0, 0.05) is 24.4 Å². The molecular formula is C18H22N4O2S. The van der Waals surface area contributed by atoms with Gasteiger partial charge < -0.3 is 4.90 Å². The maximum absolute atomic E-state index is 12.9. The van der Waals surface area contributed by atoms with Crippen molar-refractivity contribution in [1.82, 2.24) is 19.1 Å². The average Bonchev–Trinajstić information content (AvgIpc) is 3.14. The Labute approximate surface area is 149 Å². The highest BCUT2D eigenvalue weighted by molar-refractivity contribution is 7.19. The van der Waals surface area contributed by atoms with Crippen molar-refractivity contribution in [2.24, 2.45) is 0 Å². The Balaban J connectivity index is 1.78. The van der Waals surface area contributed by atoms with Crippen molar-refractivity contribution < 1.29 is 4.79 Å². The normalized spacial score (nSPS) is 15.4. The summed E-state index contributed by atoms with van der Waals surface area (Å²) in [4.78, 5) is 28.5. The van der Waals surface area contributed by atoms with E-state index < -0.39 is 0 Å². The van der Waals surface area contributed by atoms with E-state index in [1.165, 1.54) is 16.0 Å². The van der Waals surface area contributed by atoms with Crippen LogP contribution >= 0.6 is 11.3 Å². The van der Waals surface area contributed by atoms with Crippen LogP contribution in [-0.4, -0.2) is 38.1 Å². The molecule has 1 saturated heterocycles. The molecule has 4 rings (SSSR count). The van der Waals surface area contributed by atoms with Crippen LogP contribution in [0, 0.1) is 6.92 Å². The van der Waals surface area contributed by atoms with Gasteiger partial charge in [0.1, 0.15) is 17.9 Å². The lowest BCUT2D eigenvalue weighted by atomic mass is 10.1. The molecule has 3 aromatic heterocycles. The fraction of sp³-hybridized carbons (Fsp3) is 0.500. The van der Waals surface area contributed by atoms with Crippen LogP contribution in [0.5, 0.6) is 0 Å². The van der Waals surface area contributed by atoms with E-state index in [0.29, 0.717) is 11.9 Å². The number of aryl methyl sites for hydroxylation is 2. The number of piperidine rings is 1. The molecule has 132 valence electrons. The second-order valence-corrected chi connectivity index (χ2v) is 7.93. The number of hydrogen-bond donors (Lipinski definition) is 0. The predicted octanol–water partition coefficient (Wildman–Crippen LogP) is 2.59. The van der Waals surface area contributed by atoms with Gasteiger partial charge in [0.25, 0.3) is 5.56 Å². The van der Waals surface area contributed by atoms with E-state index in [-0.39, 0.29) is 18.0 Å². The average molecular weight is 358 g/mol. The van der Waals surface area contributed by atoms with Crippen molar-refractivity contribution in [3.05, 3.63) is 33.2 Å². The lowest BCUT2D eigenvalue weighted by Crippen LogP contribution is -2.40. The second kappa shape index (κ2) is 6.29. The summed E-state index contributed by atoms with van der Waals surface area (Å²) in [7, 11) is 0. The number of carbonyl (C=O) groups excluding carboxylic acids is 1. The van der Waals surface area contributed by atoms with Crippen LogP contribution in [0.3, 0.4) is 0 Å². The second-order valence-electron chi connectivity index (χ2n) is 6.65. The van der Waals surface area contributed by atoms with Crippen LogP contribution in [-0.2, 0) is 17.8 Å². The van der Waals surface area contributed by atoms with Gasteiger partial charge in [-0.05, 0) is 38.3 Å². The van der Waals surface area contributed by atoms with E-state index in [4.69, 9.17) is 0 Å². The third-order valence-electron chi connectivity index (χ3n) is 4.87. The number of amides is 1. The Bertz CT molecular complexity index is 1010. The number of fused-ring (bicyclic) bond motifs is 3. The first-order valence-electron chi connectivity index (χ1n) is 8.88. The van der Waals surface area contributed by atoms with Crippen molar-refractivity contribution in [1.29, 1.82) is 0 Å². The Kier molecular flexibility index (Phi) is 4.11. The van der Waals surface area contributed by atoms with Crippen LogP contribution in [0.4, 0.5) is 0 Å². The van der Waals surface area contributed by atoms with Gasteiger partial charge in [-0.2, -0.15) is 5.10 Å². The molecule has 0 atom stereocenters. The summed E-state index contributed by atoms with van der Waals surface area (Å²) in [5, 5.41) is 4.51. The first-order chi connectivity index (χ1) is 12.1. The van der Waals surface area contributed by atoms with Gasteiger partial charge in [-0.25, -0.2) is 4.68 Å². The van der Waals surface area contributed by atoms with Crippen LogP contribution in [0.1, 0.15) is 36.9 Å². The molecule has 0 aromatic carbocycles. The molecule has 0 N–H and O–H groups in total. The summed E-state index contributed by atoms with van der Waals surface area (Å²) in [6.45, 7) is 5.69. The minimum absolute atomic E-state index is 0.00934. The molecule has 0 radical (unpaired) electrons. The lowest BCUT2D eigenvalue weighted by molar-refractivity contribution is -0.133. The zero-order chi connectivity index (χ0) is 17.6. The number of aromatic nitrogens is 3. The zero-order valence-electron chi connectivity index (χ0n) is 14.6. The Morgan fingerprint density at radius 1 is 1.20 bits per heavy atom. The van der Waals surface area contributed by atoms with Gasteiger partial charge in [0.15, 0.2) is 0 Å². The van der Waals surface area contributed by atoms with Crippen LogP contribution in [0.2, 0.25) is 0 Å². The largest absolute Gasteiger partial charge is 0.341 e. The van der Waals surface area contributed by atoms with Crippen molar-refractivity contribution in [2.45, 2.75) is 46.1 Å². The monoisotopic (exact) mass is 358 g/mol. The first kappa shape index (κ1) is 16.3. The highest BCUT2D eigenvalue weighted by Crippen LogP contribution is 2.28. The first-order valence-corrected chi connectivity index (χ1v) is 9.69. The van der Waals surface area contributed by atoms with Gasteiger partial charge in [-0.15, -0.1) is 11.3 Å². The molecule has 3 aromatic rings. The minimum Gasteiger partial charge on any atom is -0.341 e. The molecule has 0 spiro atoms. The number of carbonyl (C=O) groups is 1. The molecule has 1 aliphatic rings. The van der Waals surface area contributed by atoms with E-state index in [1.54, 1.807) is 11.3 Å². The van der Waals surface area contributed by atoms with Crippen molar-refractivity contribution in [3.63, 3.8) is 0 Å². The number of hydrogen-bond acceptors (Lipinski definition) is 4. The molecule has 1 amide bonds. The summed E-state index contributed by atoms with van der Waals surface area (Å²) in [6.07, 6.45) is 3.96. The van der Waals surface area contributed by atoms with E-state index in [2.05, 4.69) is 18.1 Å². The highest BCUT2D eigenvalue weighted by atomic mass is 32.1. The molecule has 1 fully saturated rings. The summed E-state index contributed by atoms with van der Waals surface area (Å²) in [5.74, 6) is 0.804. The minimum atomic E-state index is -0.191.